The Bertz CT molecular complexity index is 889. The largest absolute Gasteiger partial charge is 0.508 e. The highest BCUT2D eigenvalue weighted by molar-refractivity contribution is 5.86. The van der Waals surface area contributed by atoms with Gasteiger partial charge in [0.25, 0.3) is 0 Å². The first-order valence-electron chi connectivity index (χ1n) is 9.55. The van der Waals surface area contributed by atoms with Crippen LogP contribution in [0.15, 0.2) is 48.5 Å². The lowest BCUT2D eigenvalue weighted by Crippen LogP contribution is -2.49. The van der Waals surface area contributed by atoms with Crippen molar-refractivity contribution >= 4 is 12.0 Å². The standard InChI is InChI=1S/C22H25F3N2O4/c1-21(2,3)31-20(30)27-18(12-14-6-10-17(28)11-7-14)19(29)26-13-15-4-8-16(9-5-15)22(23,24)25/h4-11,18,28H,12-13H2,1-3H3,(H,26,29)(H,27,30). The molecule has 9 heteroatoms. The van der Waals surface area contributed by atoms with Gasteiger partial charge in [-0.2, -0.15) is 13.2 Å². The quantitative estimate of drug-likeness (QED) is 0.632. The van der Waals surface area contributed by atoms with E-state index in [0.29, 0.717) is 11.1 Å². The number of aromatic hydroxyl groups is 1. The van der Waals surface area contributed by atoms with Gasteiger partial charge >= 0.3 is 12.3 Å². The summed E-state index contributed by atoms with van der Waals surface area (Å²) in [6, 6.07) is 9.58. The minimum Gasteiger partial charge on any atom is -0.508 e. The number of benzene rings is 2. The summed E-state index contributed by atoms with van der Waals surface area (Å²) < 4.78 is 43.2. The molecule has 0 saturated heterocycles. The first-order chi connectivity index (χ1) is 14.3. The highest BCUT2D eigenvalue weighted by Gasteiger charge is 2.30. The predicted molar refractivity (Wildman–Crippen MR) is 108 cm³/mol. The van der Waals surface area contributed by atoms with Gasteiger partial charge in [0.2, 0.25) is 5.91 Å². The second-order valence-corrected chi connectivity index (χ2v) is 7.98. The molecule has 1 unspecified atom stereocenters. The second-order valence-electron chi connectivity index (χ2n) is 7.98. The Balaban J connectivity index is 2.07. The number of hydrogen-bond acceptors (Lipinski definition) is 4. The number of nitrogens with one attached hydrogen (secondary N) is 2. The Kier molecular flexibility index (Phi) is 7.54. The summed E-state index contributed by atoms with van der Waals surface area (Å²) in [4.78, 5) is 24.9. The average Bonchev–Trinajstić information content (AvgIpc) is 2.65. The van der Waals surface area contributed by atoms with Gasteiger partial charge in [0.1, 0.15) is 17.4 Å². The summed E-state index contributed by atoms with van der Waals surface area (Å²) in [5.41, 5.74) is -0.380. The molecule has 0 radical (unpaired) electrons. The topological polar surface area (TPSA) is 87.7 Å². The van der Waals surface area contributed by atoms with E-state index in [0.717, 1.165) is 12.1 Å². The van der Waals surface area contributed by atoms with Crippen molar-refractivity contribution in [3.63, 3.8) is 0 Å². The van der Waals surface area contributed by atoms with Crippen LogP contribution in [0, 0.1) is 0 Å². The number of phenolic OH excluding ortho intramolecular Hbond substituents is 1. The summed E-state index contributed by atoms with van der Waals surface area (Å²) in [5.74, 6) is -0.467. The van der Waals surface area contributed by atoms with E-state index in [2.05, 4.69) is 10.6 Å². The summed E-state index contributed by atoms with van der Waals surface area (Å²) in [6.45, 7) is 5.05. The number of amides is 2. The van der Waals surface area contributed by atoms with Crippen molar-refractivity contribution < 1.29 is 32.6 Å². The molecular weight excluding hydrogens is 413 g/mol. The zero-order valence-corrected chi connectivity index (χ0v) is 17.4. The molecule has 0 heterocycles. The van der Waals surface area contributed by atoms with E-state index in [9.17, 15) is 27.9 Å². The Hall–Kier alpha value is -3.23. The first kappa shape index (κ1) is 24.0. The van der Waals surface area contributed by atoms with Crippen LogP contribution in [0.4, 0.5) is 18.0 Å². The number of halogens is 3. The zero-order chi connectivity index (χ0) is 23.2. The normalized spacial score (nSPS) is 12.7. The number of ether oxygens (including phenoxy) is 1. The molecule has 31 heavy (non-hydrogen) atoms. The van der Waals surface area contributed by atoms with Crippen molar-refractivity contribution in [2.24, 2.45) is 0 Å². The van der Waals surface area contributed by atoms with E-state index >= 15 is 0 Å². The van der Waals surface area contributed by atoms with E-state index in [1.54, 1.807) is 32.9 Å². The van der Waals surface area contributed by atoms with Gasteiger partial charge in [-0.3, -0.25) is 4.79 Å². The molecule has 168 valence electrons. The van der Waals surface area contributed by atoms with Crippen LogP contribution in [0.5, 0.6) is 5.75 Å². The highest BCUT2D eigenvalue weighted by atomic mass is 19.4. The van der Waals surface area contributed by atoms with Gasteiger partial charge in [0.05, 0.1) is 5.56 Å². The molecule has 0 aliphatic carbocycles. The Morgan fingerprint density at radius 2 is 1.52 bits per heavy atom. The molecule has 2 aromatic carbocycles. The highest BCUT2D eigenvalue weighted by Crippen LogP contribution is 2.29. The Morgan fingerprint density at radius 1 is 0.968 bits per heavy atom. The molecule has 0 aliphatic heterocycles. The number of alkyl carbamates (subject to hydrolysis) is 1. The maximum atomic E-state index is 12.7. The number of alkyl halides is 3. The second kappa shape index (κ2) is 9.72. The fraction of sp³-hybridized carbons (Fsp3) is 0.364. The number of hydrogen-bond donors (Lipinski definition) is 3. The number of rotatable bonds is 6. The third-order valence-corrected chi connectivity index (χ3v) is 4.13. The minimum atomic E-state index is -4.44. The Labute approximate surface area is 178 Å². The fourth-order valence-corrected chi connectivity index (χ4v) is 2.65. The van der Waals surface area contributed by atoms with Crippen molar-refractivity contribution in [1.82, 2.24) is 10.6 Å². The monoisotopic (exact) mass is 438 g/mol. The van der Waals surface area contributed by atoms with Crippen LogP contribution in [0.2, 0.25) is 0 Å². The molecule has 0 fully saturated rings. The lowest BCUT2D eigenvalue weighted by molar-refractivity contribution is -0.137. The van der Waals surface area contributed by atoms with Gasteiger partial charge in [-0.25, -0.2) is 4.79 Å². The van der Waals surface area contributed by atoms with Gasteiger partial charge in [-0.15, -0.1) is 0 Å². The van der Waals surface area contributed by atoms with Gasteiger partial charge in [-0.1, -0.05) is 24.3 Å². The predicted octanol–water partition coefficient (Wildman–Crippen LogP) is 4.16. The van der Waals surface area contributed by atoms with Crippen LogP contribution in [0.25, 0.3) is 0 Å². The lowest BCUT2D eigenvalue weighted by atomic mass is 10.0. The first-order valence-corrected chi connectivity index (χ1v) is 9.55. The fourth-order valence-electron chi connectivity index (χ4n) is 2.65. The van der Waals surface area contributed by atoms with Crippen molar-refractivity contribution in [1.29, 1.82) is 0 Å². The van der Waals surface area contributed by atoms with Crippen LogP contribution in [-0.4, -0.2) is 28.7 Å². The van der Waals surface area contributed by atoms with Crippen LogP contribution < -0.4 is 10.6 Å². The number of carbonyl (C=O) groups excluding carboxylic acids is 2. The molecular formula is C22H25F3N2O4. The van der Waals surface area contributed by atoms with E-state index in [1.807, 2.05) is 0 Å². The van der Waals surface area contributed by atoms with Gasteiger partial charge in [0, 0.05) is 13.0 Å². The zero-order valence-electron chi connectivity index (χ0n) is 17.4. The van der Waals surface area contributed by atoms with Crippen molar-refractivity contribution in [3.8, 4) is 5.75 Å². The van der Waals surface area contributed by atoms with E-state index in [1.165, 1.54) is 24.3 Å². The molecule has 2 rings (SSSR count). The molecule has 0 aromatic heterocycles. The number of phenols is 1. The average molecular weight is 438 g/mol. The molecule has 6 nitrogen and oxygen atoms in total. The third-order valence-electron chi connectivity index (χ3n) is 4.13. The van der Waals surface area contributed by atoms with Gasteiger partial charge in [-0.05, 0) is 56.2 Å². The molecule has 0 bridgehead atoms. The van der Waals surface area contributed by atoms with Gasteiger partial charge < -0.3 is 20.5 Å². The van der Waals surface area contributed by atoms with Gasteiger partial charge in [0.15, 0.2) is 0 Å². The van der Waals surface area contributed by atoms with Crippen molar-refractivity contribution in [2.75, 3.05) is 0 Å². The summed E-state index contributed by atoms with van der Waals surface area (Å²) in [6.07, 6.45) is -5.09. The van der Waals surface area contributed by atoms with E-state index in [-0.39, 0.29) is 18.7 Å². The SMILES string of the molecule is CC(C)(C)OC(=O)NC(Cc1ccc(O)cc1)C(=O)NCc1ccc(C(F)(F)F)cc1. The molecule has 2 aromatic rings. The van der Waals surface area contributed by atoms with Crippen LogP contribution in [0.1, 0.15) is 37.5 Å². The molecule has 3 N–H and O–H groups in total. The molecule has 0 spiro atoms. The molecule has 1 atom stereocenters. The minimum absolute atomic E-state index is 0.0148. The van der Waals surface area contributed by atoms with Crippen molar-refractivity contribution in [2.45, 2.75) is 51.6 Å². The molecule has 0 aliphatic rings. The maximum absolute atomic E-state index is 12.7. The number of carbonyl (C=O) groups is 2. The third kappa shape index (κ3) is 8.19. The summed E-state index contributed by atoms with van der Waals surface area (Å²) in [7, 11) is 0. The van der Waals surface area contributed by atoms with Crippen LogP contribution >= 0.6 is 0 Å². The maximum Gasteiger partial charge on any atom is 0.416 e. The van der Waals surface area contributed by atoms with E-state index in [4.69, 9.17) is 4.74 Å². The summed E-state index contributed by atoms with van der Waals surface area (Å²) in [5, 5.41) is 14.5. The smallest absolute Gasteiger partial charge is 0.416 e. The summed E-state index contributed by atoms with van der Waals surface area (Å²) >= 11 is 0. The van der Waals surface area contributed by atoms with E-state index < -0.39 is 35.4 Å². The van der Waals surface area contributed by atoms with Crippen LogP contribution in [-0.2, 0) is 28.7 Å². The van der Waals surface area contributed by atoms with Crippen LogP contribution in [0.3, 0.4) is 0 Å². The Morgan fingerprint density at radius 3 is 2.03 bits per heavy atom. The molecule has 0 saturated carbocycles. The molecule has 2 amide bonds. The van der Waals surface area contributed by atoms with Crippen molar-refractivity contribution in [3.05, 3.63) is 65.2 Å². The lowest BCUT2D eigenvalue weighted by Gasteiger charge is -2.23.